The molecule has 0 aromatic heterocycles. The Labute approximate surface area is 152 Å². The van der Waals surface area contributed by atoms with Gasteiger partial charge in [0.05, 0.1) is 0 Å². The number of imide groups is 1. The molecule has 0 aliphatic carbocycles. The second-order valence-electron chi connectivity index (χ2n) is 7.34. The summed E-state index contributed by atoms with van der Waals surface area (Å²) in [7, 11) is 0. The molecular formula is C19H23N3O4. The molecule has 7 heteroatoms. The highest BCUT2D eigenvalue weighted by molar-refractivity contribution is 6.05. The Morgan fingerprint density at radius 2 is 2.04 bits per heavy atom. The second-order valence-corrected chi connectivity index (χ2v) is 7.34. The van der Waals surface area contributed by atoms with Crippen LogP contribution in [0.15, 0.2) is 18.2 Å². The number of carbonyl (C=O) groups excluding carboxylic acids is 3. The van der Waals surface area contributed by atoms with E-state index in [1.807, 2.05) is 12.1 Å². The Kier molecular flexibility index (Phi) is 4.40. The summed E-state index contributed by atoms with van der Waals surface area (Å²) in [5, 5.41) is 5.72. The minimum atomic E-state index is -0.581. The van der Waals surface area contributed by atoms with E-state index in [-0.39, 0.29) is 30.2 Å². The fourth-order valence-electron chi connectivity index (χ4n) is 4.01. The average Bonchev–Trinajstić information content (AvgIpc) is 2.91. The first kappa shape index (κ1) is 17.0. The number of rotatable bonds is 3. The first-order chi connectivity index (χ1) is 12.5. The van der Waals surface area contributed by atoms with Gasteiger partial charge in [0.2, 0.25) is 11.8 Å². The number of carbonyl (C=O) groups is 3. The fourth-order valence-corrected chi connectivity index (χ4v) is 4.01. The molecule has 26 heavy (non-hydrogen) atoms. The average molecular weight is 357 g/mol. The number of piperidine rings is 2. The van der Waals surface area contributed by atoms with Crippen molar-refractivity contribution in [3.05, 3.63) is 29.3 Å². The third-order valence-corrected chi connectivity index (χ3v) is 5.37. The first-order valence-corrected chi connectivity index (χ1v) is 9.19. The molecule has 138 valence electrons. The highest BCUT2D eigenvalue weighted by Crippen LogP contribution is 2.31. The summed E-state index contributed by atoms with van der Waals surface area (Å²) in [6.45, 7) is 3.47. The third kappa shape index (κ3) is 3.19. The molecule has 7 nitrogen and oxygen atoms in total. The Morgan fingerprint density at radius 1 is 1.19 bits per heavy atom. The highest BCUT2D eigenvalue weighted by atomic mass is 16.5. The SMILES string of the molecule is C[C@@H]1C[C@H](Oc2ccc3c(c2)CN(C2CCC(=O)NC2=O)C3=O)CCN1. The Hall–Kier alpha value is -2.41. The van der Waals surface area contributed by atoms with Crippen LogP contribution in [0.25, 0.3) is 0 Å². The van der Waals surface area contributed by atoms with E-state index in [0.717, 1.165) is 30.7 Å². The quantitative estimate of drug-likeness (QED) is 0.787. The van der Waals surface area contributed by atoms with Gasteiger partial charge in [-0.2, -0.15) is 0 Å². The fraction of sp³-hybridized carbons (Fsp3) is 0.526. The van der Waals surface area contributed by atoms with Crippen LogP contribution in [0.4, 0.5) is 0 Å². The Morgan fingerprint density at radius 3 is 2.81 bits per heavy atom. The molecule has 3 aliphatic rings. The largest absolute Gasteiger partial charge is 0.490 e. The number of nitrogens with one attached hydrogen (secondary N) is 2. The molecule has 4 rings (SSSR count). The lowest BCUT2D eigenvalue weighted by Gasteiger charge is -2.29. The monoisotopic (exact) mass is 357 g/mol. The number of hydrogen-bond acceptors (Lipinski definition) is 5. The van der Waals surface area contributed by atoms with Crippen molar-refractivity contribution < 1.29 is 19.1 Å². The van der Waals surface area contributed by atoms with Gasteiger partial charge in [0.1, 0.15) is 17.9 Å². The second kappa shape index (κ2) is 6.72. The number of benzene rings is 1. The van der Waals surface area contributed by atoms with Gasteiger partial charge in [0.15, 0.2) is 0 Å². The van der Waals surface area contributed by atoms with Crippen molar-refractivity contribution in [1.82, 2.24) is 15.5 Å². The maximum Gasteiger partial charge on any atom is 0.255 e. The third-order valence-electron chi connectivity index (χ3n) is 5.37. The van der Waals surface area contributed by atoms with Gasteiger partial charge in [-0.15, -0.1) is 0 Å². The summed E-state index contributed by atoms with van der Waals surface area (Å²) in [6, 6.07) is 5.38. The van der Waals surface area contributed by atoms with Crippen molar-refractivity contribution >= 4 is 17.7 Å². The predicted molar refractivity (Wildman–Crippen MR) is 93.6 cm³/mol. The molecule has 3 aliphatic heterocycles. The van der Waals surface area contributed by atoms with Crippen LogP contribution in [-0.2, 0) is 16.1 Å². The minimum absolute atomic E-state index is 0.156. The van der Waals surface area contributed by atoms with Crippen LogP contribution in [0.3, 0.4) is 0 Å². The van der Waals surface area contributed by atoms with E-state index in [1.54, 1.807) is 11.0 Å². The lowest BCUT2D eigenvalue weighted by atomic mass is 10.0. The zero-order chi connectivity index (χ0) is 18.3. The molecule has 3 heterocycles. The van der Waals surface area contributed by atoms with Gasteiger partial charge < -0.3 is 15.0 Å². The normalized spacial score (nSPS) is 28.7. The van der Waals surface area contributed by atoms with E-state index < -0.39 is 6.04 Å². The van der Waals surface area contributed by atoms with Gasteiger partial charge in [-0.25, -0.2) is 0 Å². The van der Waals surface area contributed by atoms with E-state index >= 15 is 0 Å². The lowest BCUT2D eigenvalue weighted by molar-refractivity contribution is -0.136. The van der Waals surface area contributed by atoms with Gasteiger partial charge in [-0.1, -0.05) is 0 Å². The summed E-state index contributed by atoms with van der Waals surface area (Å²) < 4.78 is 6.11. The zero-order valence-corrected chi connectivity index (χ0v) is 14.8. The topological polar surface area (TPSA) is 87.7 Å². The van der Waals surface area contributed by atoms with Crippen molar-refractivity contribution in [1.29, 1.82) is 0 Å². The van der Waals surface area contributed by atoms with Crippen LogP contribution in [0, 0.1) is 0 Å². The molecule has 0 bridgehead atoms. The van der Waals surface area contributed by atoms with E-state index in [9.17, 15) is 14.4 Å². The molecule has 0 saturated carbocycles. The molecule has 3 amide bonds. The number of hydrogen-bond donors (Lipinski definition) is 2. The van der Waals surface area contributed by atoms with Crippen molar-refractivity contribution in [2.45, 2.75) is 57.3 Å². The molecule has 1 unspecified atom stereocenters. The smallest absolute Gasteiger partial charge is 0.255 e. The maximum absolute atomic E-state index is 12.7. The number of fused-ring (bicyclic) bond motifs is 1. The van der Waals surface area contributed by atoms with Crippen LogP contribution in [0.2, 0.25) is 0 Å². The van der Waals surface area contributed by atoms with E-state index in [0.29, 0.717) is 24.6 Å². The van der Waals surface area contributed by atoms with Crippen LogP contribution in [0.5, 0.6) is 5.75 Å². The predicted octanol–water partition coefficient (Wildman–Crippen LogP) is 0.967. The van der Waals surface area contributed by atoms with Gasteiger partial charge >= 0.3 is 0 Å². The molecule has 0 spiro atoms. The highest BCUT2D eigenvalue weighted by Gasteiger charge is 2.39. The molecule has 2 N–H and O–H groups in total. The molecule has 1 aromatic carbocycles. The van der Waals surface area contributed by atoms with Gasteiger partial charge in [0.25, 0.3) is 5.91 Å². The first-order valence-electron chi connectivity index (χ1n) is 9.19. The number of ether oxygens (including phenoxy) is 1. The van der Waals surface area contributed by atoms with Crippen LogP contribution >= 0.6 is 0 Å². The molecular weight excluding hydrogens is 334 g/mol. The van der Waals surface area contributed by atoms with E-state index in [2.05, 4.69) is 17.6 Å². The van der Waals surface area contributed by atoms with Gasteiger partial charge in [-0.05, 0) is 56.5 Å². The summed E-state index contributed by atoms with van der Waals surface area (Å²) in [5.41, 5.74) is 1.49. The van der Waals surface area contributed by atoms with Gasteiger partial charge in [0, 0.05) is 24.6 Å². The maximum atomic E-state index is 12.7. The standard InChI is InChI=1S/C19H23N3O4/c1-11-8-14(6-7-20-11)26-13-2-3-15-12(9-13)10-22(19(15)25)16-4-5-17(23)21-18(16)24/h2-3,9,11,14,16,20H,4-8,10H2,1H3,(H,21,23,24)/t11-,14-,16?/m1/s1. The molecule has 3 atom stereocenters. The van der Waals surface area contributed by atoms with Crippen LogP contribution < -0.4 is 15.4 Å². The Balaban J connectivity index is 1.48. The van der Waals surface area contributed by atoms with E-state index in [1.165, 1.54) is 0 Å². The molecule has 1 aromatic rings. The molecule has 2 saturated heterocycles. The Bertz CT molecular complexity index is 763. The number of amides is 3. The minimum Gasteiger partial charge on any atom is -0.490 e. The van der Waals surface area contributed by atoms with Crippen molar-refractivity contribution in [2.75, 3.05) is 6.54 Å². The summed E-state index contributed by atoms with van der Waals surface area (Å²) >= 11 is 0. The van der Waals surface area contributed by atoms with Crippen LogP contribution in [0.1, 0.15) is 48.5 Å². The summed E-state index contributed by atoms with van der Waals surface area (Å²) in [5.74, 6) is -0.0535. The summed E-state index contributed by atoms with van der Waals surface area (Å²) in [6.07, 6.45) is 2.73. The van der Waals surface area contributed by atoms with Gasteiger partial charge in [-0.3, -0.25) is 19.7 Å². The van der Waals surface area contributed by atoms with Crippen LogP contribution in [-0.4, -0.2) is 47.4 Å². The molecule has 0 radical (unpaired) electrons. The lowest BCUT2D eigenvalue weighted by Crippen LogP contribution is -2.52. The van der Waals surface area contributed by atoms with Crippen molar-refractivity contribution in [2.24, 2.45) is 0 Å². The number of nitrogens with zero attached hydrogens (tertiary/aromatic N) is 1. The van der Waals surface area contributed by atoms with Crippen molar-refractivity contribution in [3.63, 3.8) is 0 Å². The molecule has 2 fully saturated rings. The zero-order valence-electron chi connectivity index (χ0n) is 14.8. The van der Waals surface area contributed by atoms with E-state index in [4.69, 9.17) is 4.74 Å². The van der Waals surface area contributed by atoms with Crippen molar-refractivity contribution in [3.8, 4) is 5.75 Å². The summed E-state index contributed by atoms with van der Waals surface area (Å²) in [4.78, 5) is 37.7.